The molecule has 3 aromatic rings. The molecule has 0 unspecified atom stereocenters. The van der Waals surface area contributed by atoms with Gasteiger partial charge in [0.15, 0.2) is 5.96 Å². The van der Waals surface area contributed by atoms with Crippen LogP contribution in [0.2, 0.25) is 0 Å². The molecule has 1 aliphatic rings. The van der Waals surface area contributed by atoms with Crippen molar-refractivity contribution in [2.24, 2.45) is 28.3 Å². The molecule has 8 atom stereocenters. The predicted molar refractivity (Wildman–Crippen MR) is 272 cm³/mol. The number of carboxylic acid groups (broad SMARTS) is 1. The van der Waals surface area contributed by atoms with Crippen LogP contribution < -0.4 is 48.7 Å². The van der Waals surface area contributed by atoms with Gasteiger partial charge in [0.25, 0.3) is 0 Å². The van der Waals surface area contributed by atoms with E-state index in [4.69, 9.17) is 11.5 Å². The molecule has 1 saturated heterocycles. The Morgan fingerprint density at radius 1 is 0.707 bits per heavy atom. The van der Waals surface area contributed by atoms with Crippen LogP contribution in [0.25, 0.3) is 0 Å². The van der Waals surface area contributed by atoms with E-state index in [1.807, 2.05) is 0 Å². The first-order valence-corrected chi connectivity index (χ1v) is 24.7. The Hall–Kier alpha value is -8.09. The molecule has 1 fully saturated rings. The number of benzene rings is 2. The number of rotatable bonds is 28. The first kappa shape index (κ1) is 59.5. The number of aromatic amines is 1. The minimum atomic E-state index is -1.42. The molecular formula is C50H71N13O12. The average Bonchev–Trinajstić information content (AvgIpc) is 4.08. The van der Waals surface area contributed by atoms with Crippen molar-refractivity contribution in [2.75, 3.05) is 19.7 Å². The van der Waals surface area contributed by atoms with E-state index >= 15 is 0 Å². The molecule has 2 aromatic carbocycles. The fourth-order valence-electron chi connectivity index (χ4n) is 8.30. The van der Waals surface area contributed by atoms with Crippen molar-refractivity contribution in [1.29, 1.82) is 0 Å². The smallest absolute Gasteiger partial charge is 0.326 e. The van der Waals surface area contributed by atoms with Gasteiger partial charge in [0.1, 0.15) is 54.1 Å². The van der Waals surface area contributed by atoms with Crippen LogP contribution in [-0.4, -0.2) is 157 Å². The van der Waals surface area contributed by atoms with Gasteiger partial charge >= 0.3 is 5.97 Å². The molecule has 0 spiro atoms. The van der Waals surface area contributed by atoms with E-state index in [-0.39, 0.29) is 63.3 Å². The number of carboxylic acids is 1. The molecule has 1 aliphatic heterocycles. The van der Waals surface area contributed by atoms with Crippen molar-refractivity contribution in [3.63, 3.8) is 0 Å². The highest BCUT2D eigenvalue weighted by molar-refractivity contribution is 5.98. The fourth-order valence-corrected chi connectivity index (χ4v) is 8.30. The lowest BCUT2D eigenvalue weighted by Gasteiger charge is -2.31. The molecule has 25 heteroatoms. The first-order chi connectivity index (χ1) is 35.6. The summed E-state index contributed by atoms with van der Waals surface area (Å²) in [5, 5.41) is 48.0. The number of carbonyl (C=O) groups excluding carboxylic acids is 8. The van der Waals surface area contributed by atoms with Crippen molar-refractivity contribution in [2.45, 2.75) is 128 Å². The van der Waals surface area contributed by atoms with E-state index in [1.54, 1.807) is 58.0 Å². The number of carbonyl (C=O) groups is 9. The molecule has 8 amide bonds. The number of nitrogens with zero attached hydrogens (tertiary/aromatic N) is 3. The number of phenolic OH excluding ortho intramolecular Hbond substituents is 1. The molecule has 0 saturated carbocycles. The van der Waals surface area contributed by atoms with Crippen LogP contribution in [0.4, 0.5) is 0 Å². The van der Waals surface area contributed by atoms with Gasteiger partial charge in [-0.2, -0.15) is 0 Å². The number of nitrogens with two attached hydrogens (primary N) is 2. The average molecular weight is 1050 g/mol. The van der Waals surface area contributed by atoms with E-state index < -0.39 is 120 Å². The van der Waals surface area contributed by atoms with Gasteiger partial charge in [-0.3, -0.25) is 43.3 Å². The molecule has 25 nitrogen and oxygen atoms in total. The van der Waals surface area contributed by atoms with Gasteiger partial charge in [0.2, 0.25) is 47.3 Å². The quantitative estimate of drug-likeness (QED) is 0.0212. The van der Waals surface area contributed by atoms with Gasteiger partial charge < -0.3 is 73.9 Å². The Kier molecular flexibility index (Phi) is 23.0. The highest BCUT2D eigenvalue weighted by atomic mass is 16.4. The van der Waals surface area contributed by atoms with Gasteiger partial charge in [0.05, 0.1) is 12.9 Å². The number of imidazole rings is 1. The third kappa shape index (κ3) is 18.7. The fraction of sp³-hybridized carbons (Fsp3) is 0.500. The highest BCUT2D eigenvalue weighted by Crippen LogP contribution is 2.21. The number of aliphatic hydroxyl groups excluding tert-OH is 1. The Labute approximate surface area is 434 Å². The number of likely N-dealkylation sites (tertiary alicyclic amines) is 1. The molecule has 1 aromatic heterocycles. The lowest BCUT2D eigenvalue weighted by atomic mass is 9.98. The largest absolute Gasteiger partial charge is 0.508 e. The van der Waals surface area contributed by atoms with Crippen molar-refractivity contribution in [3.05, 3.63) is 83.9 Å². The Morgan fingerprint density at radius 3 is 1.81 bits per heavy atom. The second kappa shape index (κ2) is 29.0. The zero-order valence-corrected chi connectivity index (χ0v) is 42.7. The summed E-state index contributed by atoms with van der Waals surface area (Å²) in [5.41, 5.74) is 12.5. The van der Waals surface area contributed by atoms with E-state index in [1.165, 1.54) is 41.7 Å². The normalized spacial score (nSPS) is 15.9. The summed E-state index contributed by atoms with van der Waals surface area (Å²) in [6.07, 6.45) is 3.32. The molecule has 408 valence electrons. The lowest BCUT2D eigenvalue weighted by Crippen LogP contribution is -2.62. The number of aromatic hydroxyl groups is 1. The monoisotopic (exact) mass is 1050 g/mol. The second-order valence-corrected chi connectivity index (χ2v) is 19.0. The Balaban J connectivity index is 1.57. The number of aliphatic imine (C=N–C) groups is 1. The van der Waals surface area contributed by atoms with E-state index in [0.717, 1.165) is 6.92 Å². The minimum absolute atomic E-state index is 0.00119. The lowest BCUT2D eigenvalue weighted by molar-refractivity contribution is -0.145. The number of guanidine groups is 1. The number of hydrogen-bond donors (Lipinski definition) is 13. The zero-order chi connectivity index (χ0) is 55.4. The minimum Gasteiger partial charge on any atom is -0.508 e. The molecule has 2 heterocycles. The SMILES string of the molecule is CC(=O)N[C@@H](CO)C(=O)N[C@@H](CCCN=C(N)N)C(=O)N[C@H](C(=O)N[C@@H](Cc1ccc(O)cc1)C(=O)N[C@H](C(=O)N[C@@H](Cc1cnc[nH]1)C(=O)N1CCC[C@H]1C(=O)N[C@@H](Cc1ccccc1)C(=O)O)C(C)C)C(C)C. The van der Waals surface area contributed by atoms with Crippen LogP contribution in [0, 0.1) is 11.8 Å². The maximum absolute atomic E-state index is 14.5. The second-order valence-electron chi connectivity index (χ2n) is 19.0. The third-order valence-corrected chi connectivity index (χ3v) is 12.3. The van der Waals surface area contributed by atoms with Gasteiger partial charge in [-0.1, -0.05) is 70.2 Å². The van der Waals surface area contributed by atoms with Crippen molar-refractivity contribution >= 4 is 59.2 Å². The molecule has 0 aliphatic carbocycles. The zero-order valence-electron chi connectivity index (χ0n) is 42.7. The van der Waals surface area contributed by atoms with E-state index in [0.29, 0.717) is 23.2 Å². The number of hydrogen-bond acceptors (Lipinski definition) is 13. The van der Waals surface area contributed by atoms with Crippen molar-refractivity contribution < 1.29 is 58.5 Å². The number of aliphatic hydroxyl groups is 1. The van der Waals surface area contributed by atoms with Crippen LogP contribution in [0.3, 0.4) is 0 Å². The summed E-state index contributed by atoms with van der Waals surface area (Å²) in [6, 6.07) is 4.07. The van der Waals surface area contributed by atoms with Gasteiger partial charge in [-0.05, 0) is 60.8 Å². The number of nitrogens with one attached hydrogen (secondary N) is 8. The Morgan fingerprint density at radius 2 is 1.27 bits per heavy atom. The van der Waals surface area contributed by atoms with E-state index in [2.05, 4.69) is 52.2 Å². The van der Waals surface area contributed by atoms with Crippen molar-refractivity contribution in [1.82, 2.24) is 52.1 Å². The molecule has 4 rings (SSSR count). The summed E-state index contributed by atoms with van der Waals surface area (Å²) in [5.74, 6) is -8.90. The molecule has 0 radical (unpaired) electrons. The maximum atomic E-state index is 14.5. The topological polar surface area (TPSA) is 395 Å². The highest BCUT2D eigenvalue weighted by Gasteiger charge is 2.41. The van der Waals surface area contributed by atoms with Crippen LogP contribution in [0.1, 0.15) is 77.1 Å². The summed E-state index contributed by atoms with van der Waals surface area (Å²) >= 11 is 0. The summed E-state index contributed by atoms with van der Waals surface area (Å²) in [4.78, 5) is 135. The Bertz CT molecular complexity index is 2450. The van der Waals surface area contributed by atoms with E-state index in [9.17, 15) is 58.5 Å². The van der Waals surface area contributed by atoms with Crippen LogP contribution in [0.15, 0.2) is 72.1 Å². The maximum Gasteiger partial charge on any atom is 0.326 e. The number of phenols is 1. The number of aromatic nitrogens is 2. The number of amides is 8. The van der Waals surface area contributed by atoms with Crippen LogP contribution in [-0.2, 0) is 62.4 Å². The van der Waals surface area contributed by atoms with Gasteiger partial charge in [-0.25, -0.2) is 9.78 Å². The molecule has 15 N–H and O–H groups in total. The molecular weight excluding hydrogens is 975 g/mol. The third-order valence-electron chi connectivity index (χ3n) is 12.3. The molecule has 0 bridgehead atoms. The molecule has 75 heavy (non-hydrogen) atoms. The summed E-state index contributed by atoms with van der Waals surface area (Å²) in [6.45, 7) is 7.10. The summed E-state index contributed by atoms with van der Waals surface area (Å²) < 4.78 is 0. The number of H-pyrrole nitrogens is 1. The first-order valence-electron chi connectivity index (χ1n) is 24.7. The standard InChI is InChI=1S/C50H71N13O12/c1-27(2)40(61-42(67)34(13-9-19-54-50(51)52)57-44(69)38(25-64)56-29(5)65)46(71)58-35(21-31-15-17-33(66)18-16-31)43(68)62-41(28(3)4)47(72)59-36(23-32-24-53-26-55-32)48(73)63-20-10-14-39(63)45(70)60-37(49(74)75)22-30-11-7-6-8-12-30/h6-8,11-12,15-18,24,26-28,34-41,64,66H,9-10,13-14,19-23,25H2,1-5H3,(H,53,55)(H,56,65)(H,57,69)(H,58,71)(H,59,72)(H,60,70)(H,61,67)(H,62,68)(H,74,75)(H4,51,52,54)/t34-,35-,36-,37-,38-,39-,40-,41-/m0/s1. The van der Waals surface area contributed by atoms with Crippen LogP contribution >= 0.6 is 0 Å². The summed E-state index contributed by atoms with van der Waals surface area (Å²) in [7, 11) is 0. The van der Waals surface area contributed by atoms with Crippen molar-refractivity contribution in [3.8, 4) is 5.75 Å². The van der Waals surface area contributed by atoms with Crippen LogP contribution in [0.5, 0.6) is 5.75 Å². The van der Waals surface area contributed by atoms with Gasteiger partial charge in [0, 0.05) is 51.2 Å². The predicted octanol–water partition coefficient (Wildman–Crippen LogP) is -2.01. The number of aliphatic carboxylic acids is 1. The van der Waals surface area contributed by atoms with Gasteiger partial charge in [-0.15, -0.1) is 0 Å².